The highest BCUT2D eigenvalue weighted by Gasteiger charge is 2.33. The minimum absolute atomic E-state index is 0.547. The van der Waals surface area contributed by atoms with E-state index in [4.69, 9.17) is 0 Å². The van der Waals surface area contributed by atoms with Gasteiger partial charge in [-0.05, 0) is 54.4 Å². The van der Waals surface area contributed by atoms with Gasteiger partial charge in [0.25, 0.3) is 0 Å². The zero-order valence-corrected chi connectivity index (χ0v) is 12.4. The van der Waals surface area contributed by atoms with Crippen LogP contribution in [0.1, 0.15) is 26.2 Å². The predicted molar refractivity (Wildman–Crippen MR) is 78.0 cm³/mol. The Bertz CT molecular complexity index is 423. The number of rotatable bonds is 1. The highest BCUT2D eigenvalue weighted by Crippen LogP contribution is 2.30. The van der Waals surface area contributed by atoms with E-state index in [-0.39, 0.29) is 0 Å². The first-order valence-corrected chi connectivity index (χ1v) is 7.66. The number of halogens is 1. The largest absolute Gasteiger partial charge is 0.350 e. The van der Waals surface area contributed by atoms with E-state index in [9.17, 15) is 0 Å². The van der Waals surface area contributed by atoms with Gasteiger partial charge in [-0.25, -0.2) is 4.98 Å². The molecule has 2 fully saturated rings. The molecular weight excluding hydrogens is 290 g/mol. The van der Waals surface area contributed by atoms with Gasteiger partial charge in [-0.3, -0.25) is 4.90 Å². The second-order valence-electron chi connectivity index (χ2n) is 5.45. The minimum atomic E-state index is 0.547. The van der Waals surface area contributed by atoms with Gasteiger partial charge in [0.1, 0.15) is 5.82 Å². The summed E-state index contributed by atoms with van der Waals surface area (Å²) in [5.41, 5.74) is 0. The van der Waals surface area contributed by atoms with E-state index in [2.05, 4.69) is 43.7 Å². The molecule has 0 N–H and O–H groups in total. The maximum atomic E-state index is 4.55. The van der Waals surface area contributed by atoms with Crippen molar-refractivity contribution in [2.24, 2.45) is 0 Å². The highest BCUT2D eigenvalue weighted by molar-refractivity contribution is 9.10. The molecule has 1 aromatic rings. The lowest BCUT2D eigenvalue weighted by atomic mass is 9.97. The third-order valence-corrected chi connectivity index (χ3v) is 4.82. The number of piperazine rings is 1. The maximum absolute atomic E-state index is 4.55. The topological polar surface area (TPSA) is 19.4 Å². The molecule has 2 aliphatic rings. The smallest absolute Gasteiger partial charge is 0.143 e. The average Bonchev–Trinajstić information content (AvgIpc) is 2.39. The zero-order valence-electron chi connectivity index (χ0n) is 10.8. The molecule has 3 heterocycles. The first-order valence-electron chi connectivity index (χ1n) is 6.87. The van der Waals surface area contributed by atoms with E-state index >= 15 is 0 Å². The molecule has 98 valence electrons. The van der Waals surface area contributed by atoms with Crippen molar-refractivity contribution in [3.8, 4) is 0 Å². The fourth-order valence-electron chi connectivity index (χ4n) is 3.24. The summed E-state index contributed by atoms with van der Waals surface area (Å²) in [4.78, 5) is 9.69. The second kappa shape index (κ2) is 5.17. The van der Waals surface area contributed by atoms with Crippen molar-refractivity contribution in [1.82, 2.24) is 9.88 Å². The van der Waals surface area contributed by atoms with E-state index in [0.29, 0.717) is 6.04 Å². The van der Waals surface area contributed by atoms with Gasteiger partial charge in [-0.15, -0.1) is 0 Å². The van der Waals surface area contributed by atoms with Gasteiger partial charge < -0.3 is 4.90 Å². The molecule has 0 bridgehead atoms. The van der Waals surface area contributed by atoms with E-state index in [1.165, 1.54) is 32.4 Å². The molecule has 2 aliphatic heterocycles. The molecular formula is C14H20BrN3. The normalized spacial score (nSPS) is 29.1. The molecule has 0 aliphatic carbocycles. The lowest BCUT2D eigenvalue weighted by molar-refractivity contribution is 0.115. The number of hydrogen-bond donors (Lipinski definition) is 0. The molecule has 4 heteroatoms. The van der Waals surface area contributed by atoms with E-state index < -0.39 is 0 Å². The second-order valence-corrected chi connectivity index (χ2v) is 6.31. The van der Waals surface area contributed by atoms with Crippen molar-refractivity contribution in [3.63, 3.8) is 0 Å². The van der Waals surface area contributed by atoms with E-state index in [1.807, 2.05) is 12.3 Å². The molecule has 2 unspecified atom stereocenters. The summed E-state index contributed by atoms with van der Waals surface area (Å²) in [5, 5.41) is 0. The number of piperidine rings is 1. The predicted octanol–water partition coefficient (Wildman–Crippen LogP) is 2.91. The first-order chi connectivity index (χ1) is 8.75. The highest BCUT2D eigenvalue weighted by atomic mass is 79.9. The van der Waals surface area contributed by atoms with Crippen molar-refractivity contribution in [2.45, 2.75) is 38.3 Å². The third kappa shape index (κ3) is 2.28. The standard InChI is InChI=1S/C14H20BrN3/c1-11-9-17-8-3-2-5-12(17)10-18(11)14-13(15)6-4-7-16-14/h4,6-7,11-12H,2-3,5,8-10H2,1H3. The van der Waals surface area contributed by atoms with Crippen LogP contribution < -0.4 is 4.90 Å². The summed E-state index contributed by atoms with van der Waals surface area (Å²) in [6, 6.07) is 5.34. The Morgan fingerprint density at radius 3 is 3.06 bits per heavy atom. The van der Waals surface area contributed by atoms with Crippen LogP contribution in [0.3, 0.4) is 0 Å². The van der Waals surface area contributed by atoms with Crippen LogP contribution >= 0.6 is 15.9 Å². The van der Waals surface area contributed by atoms with Crippen molar-refractivity contribution in [3.05, 3.63) is 22.8 Å². The van der Waals surface area contributed by atoms with Gasteiger partial charge in [-0.2, -0.15) is 0 Å². The monoisotopic (exact) mass is 309 g/mol. The lowest BCUT2D eigenvalue weighted by Gasteiger charge is -2.48. The number of fused-ring (bicyclic) bond motifs is 1. The van der Waals surface area contributed by atoms with Crippen LogP contribution in [0.25, 0.3) is 0 Å². The van der Waals surface area contributed by atoms with Crippen molar-refractivity contribution in [2.75, 3.05) is 24.5 Å². The van der Waals surface area contributed by atoms with E-state index in [0.717, 1.165) is 22.9 Å². The molecule has 0 aromatic carbocycles. The fraction of sp³-hybridized carbons (Fsp3) is 0.643. The van der Waals surface area contributed by atoms with Crippen LogP contribution in [0, 0.1) is 0 Å². The Morgan fingerprint density at radius 1 is 1.33 bits per heavy atom. The molecule has 0 amide bonds. The summed E-state index contributed by atoms with van der Waals surface area (Å²) >= 11 is 3.63. The summed E-state index contributed by atoms with van der Waals surface area (Å²) in [6.07, 6.45) is 5.98. The molecule has 0 spiro atoms. The minimum Gasteiger partial charge on any atom is -0.350 e. The van der Waals surface area contributed by atoms with Crippen LogP contribution in [0.4, 0.5) is 5.82 Å². The fourth-order valence-corrected chi connectivity index (χ4v) is 3.72. The van der Waals surface area contributed by atoms with Crippen LogP contribution in [0.15, 0.2) is 22.8 Å². The quantitative estimate of drug-likeness (QED) is 0.795. The molecule has 3 nitrogen and oxygen atoms in total. The molecule has 2 saturated heterocycles. The van der Waals surface area contributed by atoms with E-state index in [1.54, 1.807) is 0 Å². The average molecular weight is 310 g/mol. The van der Waals surface area contributed by atoms with Gasteiger partial charge in [0, 0.05) is 31.4 Å². The Labute approximate surface area is 117 Å². The molecule has 18 heavy (non-hydrogen) atoms. The van der Waals surface area contributed by atoms with Gasteiger partial charge in [0.05, 0.1) is 4.47 Å². The van der Waals surface area contributed by atoms with Crippen molar-refractivity contribution >= 4 is 21.7 Å². The summed E-state index contributed by atoms with van der Waals surface area (Å²) in [6.45, 7) is 5.89. The molecule has 3 rings (SSSR count). The van der Waals surface area contributed by atoms with Gasteiger partial charge in [0.15, 0.2) is 0 Å². The summed E-state index contributed by atoms with van der Waals surface area (Å²) < 4.78 is 1.11. The Morgan fingerprint density at radius 2 is 2.22 bits per heavy atom. The molecule has 2 atom stereocenters. The number of anilines is 1. The van der Waals surface area contributed by atoms with Crippen LogP contribution in [-0.2, 0) is 0 Å². The molecule has 0 saturated carbocycles. The summed E-state index contributed by atoms with van der Waals surface area (Å²) in [7, 11) is 0. The number of pyridine rings is 1. The number of nitrogens with zero attached hydrogens (tertiary/aromatic N) is 3. The molecule has 1 aromatic heterocycles. The number of aromatic nitrogens is 1. The van der Waals surface area contributed by atoms with Crippen LogP contribution in [0.5, 0.6) is 0 Å². The van der Waals surface area contributed by atoms with Crippen LogP contribution in [-0.4, -0.2) is 41.6 Å². The SMILES string of the molecule is CC1CN2CCCCC2CN1c1ncccc1Br. The third-order valence-electron chi connectivity index (χ3n) is 4.20. The Hall–Kier alpha value is -0.610. The van der Waals surface area contributed by atoms with Crippen LogP contribution in [0.2, 0.25) is 0 Å². The lowest BCUT2D eigenvalue weighted by Crippen LogP contribution is -2.59. The maximum Gasteiger partial charge on any atom is 0.143 e. The number of hydrogen-bond acceptors (Lipinski definition) is 3. The first kappa shape index (κ1) is 12.4. The molecule has 0 radical (unpaired) electrons. The zero-order chi connectivity index (χ0) is 12.5. The van der Waals surface area contributed by atoms with Gasteiger partial charge in [0.2, 0.25) is 0 Å². The van der Waals surface area contributed by atoms with Gasteiger partial charge >= 0.3 is 0 Å². The Balaban J connectivity index is 1.82. The van der Waals surface area contributed by atoms with Crippen molar-refractivity contribution < 1.29 is 0 Å². The van der Waals surface area contributed by atoms with Crippen molar-refractivity contribution in [1.29, 1.82) is 0 Å². The summed E-state index contributed by atoms with van der Waals surface area (Å²) in [5.74, 6) is 1.11. The Kier molecular flexibility index (Phi) is 3.57. The van der Waals surface area contributed by atoms with Gasteiger partial charge in [-0.1, -0.05) is 6.42 Å².